The summed E-state index contributed by atoms with van der Waals surface area (Å²) in [7, 11) is 1.64. The summed E-state index contributed by atoms with van der Waals surface area (Å²) in [6.07, 6.45) is 0.733. The Bertz CT molecular complexity index is 557. The van der Waals surface area contributed by atoms with E-state index in [-0.39, 0.29) is 17.5 Å². The molecule has 0 aliphatic heterocycles. The smallest absolute Gasteiger partial charge is 0.165 e. The highest BCUT2D eigenvalue weighted by Crippen LogP contribution is 2.22. The van der Waals surface area contributed by atoms with Crippen LogP contribution >= 0.6 is 0 Å². The van der Waals surface area contributed by atoms with Gasteiger partial charge in [0.05, 0.1) is 13.7 Å². The molecule has 2 aromatic carbocycles. The number of halogens is 1. The van der Waals surface area contributed by atoms with Crippen LogP contribution in [-0.2, 0) is 0 Å². The molecule has 0 aliphatic carbocycles. The van der Waals surface area contributed by atoms with Gasteiger partial charge in [0.2, 0.25) is 0 Å². The van der Waals surface area contributed by atoms with Crippen molar-refractivity contribution in [3.8, 4) is 11.5 Å². The minimum atomic E-state index is -0.341. The first kappa shape index (κ1) is 15.3. The van der Waals surface area contributed by atoms with Gasteiger partial charge in [0.25, 0.3) is 0 Å². The van der Waals surface area contributed by atoms with Gasteiger partial charge in [0, 0.05) is 0 Å². The largest absolute Gasteiger partial charge is 0.497 e. The third kappa shape index (κ3) is 4.20. The number of rotatable bonds is 7. The third-order valence-electron chi connectivity index (χ3n) is 3.43. The van der Waals surface area contributed by atoms with Crippen molar-refractivity contribution in [3.63, 3.8) is 0 Å². The molecule has 0 amide bonds. The van der Waals surface area contributed by atoms with Gasteiger partial charge in [-0.1, -0.05) is 24.3 Å². The lowest BCUT2D eigenvalue weighted by Gasteiger charge is -2.16. The van der Waals surface area contributed by atoms with Crippen LogP contribution in [0, 0.1) is 5.82 Å². The molecule has 0 fully saturated rings. The van der Waals surface area contributed by atoms with Crippen LogP contribution in [0.25, 0.3) is 0 Å². The Labute approximate surface area is 124 Å². The number of para-hydroxylation sites is 1. The minimum Gasteiger partial charge on any atom is -0.497 e. The van der Waals surface area contributed by atoms with Gasteiger partial charge in [-0.2, -0.15) is 0 Å². The summed E-state index contributed by atoms with van der Waals surface area (Å²) in [5.41, 5.74) is 6.96. The standard InChI is InChI=1S/C17H20FNO2/c1-20-15-8-6-13(7-9-15)14(12-19)10-11-21-17-5-3-2-4-16(17)18/h2-9,14H,10-12,19H2,1H3. The van der Waals surface area contributed by atoms with E-state index in [0.29, 0.717) is 13.2 Å². The highest BCUT2D eigenvalue weighted by Gasteiger charge is 2.11. The summed E-state index contributed by atoms with van der Waals surface area (Å²) in [6.45, 7) is 0.946. The Hall–Kier alpha value is -2.07. The molecule has 2 rings (SSSR count). The van der Waals surface area contributed by atoms with E-state index in [4.69, 9.17) is 15.2 Å². The van der Waals surface area contributed by atoms with Gasteiger partial charge in [0.15, 0.2) is 11.6 Å². The van der Waals surface area contributed by atoms with Crippen molar-refractivity contribution in [2.75, 3.05) is 20.3 Å². The van der Waals surface area contributed by atoms with Gasteiger partial charge in [-0.25, -0.2) is 4.39 Å². The molecule has 112 valence electrons. The minimum absolute atomic E-state index is 0.183. The molecule has 2 aromatic rings. The van der Waals surface area contributed by atoms with Gasteiger partial charge in [0.1, 0.15) is 5.75 Å². The first-order valence-electron chi connectivity index (χ1n) is 6.96. The van der Waals surface area contributed by atoms with Crippen LogP contribution in [0.5, 0.6) is 11.5 Å². The van der Waals surface area contributed by atoms with Crippen molar-refractivity contribution >= 4 is 0 Å². The van der Waals surface area contributed by atoms with E-state index in [9.17, 15) is 4.39 Å². The number of hydrogen-bond donors (Lipinski definition) is 1. The SMILES string of the molecule is COc1ccc(C(CN)CCOc2ccccc2F)cc1. The maximum Gasteiger partial charge on any atom is 0.165 e. The topological polar surface area (TPSA) is 44.5 Å². The lowest BCUT2D eigenvalue weighted by atomic mass is 9.96. The second-order valence-corrected chi connectivity index (χ2v) is 4.77. The molecule has 0 aromatic heterocycles. The van der Waals surface area contributed by atoms with Gasteiger partial charge >= 0.3 is 0 Å². The van der Waals surface area contributed by atoms with Crippen LogP contribution in [0.15, 0.2) is 48.5 Å². The van der Waals surface area contributed by atoms with Gasteiger partial charge < -0.3 is 15.2 Å². The normalized spacial score (nSPS) is 12.0. The quantitative estimate of drug-likeness (QED) is 0.850. The number of nitrogens with two attached hydrogens (primary N) is 1. The summed E-state index contributed by atoms with van der Waals surface area (Å²) in [5.74, 6) is 0.939. The molecule has 1 unspecified atom stereocenters. The zero-order chi connectivity index (χ0) is 15.1. The molecule has 0 saturated carbocycles. The molecule has 2 N–H and O–H groups in total. The zero-order valence-corrected chi connectivity index (χ0v) is 12.1. The van der Waals surface area contributed by atoms with Gasteiger partial charge in [-0.3, -0.25) is 0 Å². The summed E-state index contributed by atoms with van der Waals surface area (Å²) >= 11 is 0. The molecule has 0 heterocycles. The van der Waals surface area contributed by atoms with Gasteiger partial charge in [-0.15, -0.1) is 0 Å². The molecule has 4 heteroatoms. The monoisotopic (exact) mass is 289 g/mol. The Morgan fingerprint density at radius 3 is 2.43 bits per heavy atom. The van der Waals surface area contributed by atoms with E-state index in [1.54, 1.807) is 25.3 Å². The fraction of sp³-hybridized carbons (Fsp3) is 0.294. The maximum absolute atomic E-state index is 13.4. The van der Waals surface area contributed by atoms with Crippen molar-refractivity contribution in [3.05, 3.63) is 59.9 Å². The van der Waals surface area contributed by atoms with Crippen LogP contribution in [0.2, 0.25) is 0 Å². The number of hydrogen-bond acceptors (Lipinski definition) is 3. The van der Waals surface area contributed by atoms with Crippen LogP contribution in [-0.4, -0.2) is 20.3 Å². The fourth-order valence-corrected chi connectivity index (χ4v) is 2.17. The fourth-order valence-electron chi connectivity index (χ4n) is 2.17. The lowest BCUT2D eigenvalue weighted by molar-refractivity contribution is 0.284. The lowest BCUT2D eigenvalue weighted by Crippen LogP contribution is -2.15. The molecule has 3 nitrogen and oxygen atoms in total. The summed E-state index contributed by atoms with van der Waals surface area (Å²) < 4.78 is 24.1. The zero-order valence-electron chi connectivity index (χ0n) is 12.1. The van der Waals surface area contributed by atoms with Crippen molar-refractivity contribution in [1.29, 1.82) is 0 Å². The van der Waals surface area contributed by atoms with E-state index in [1.807, 2.05) is 24.3 Å². The summed E-state index contributed by atoms with van der Waals surface area (Å²) in [5, 5.41) is 0. The molecule has 0 radical (unpaired) electrons. The molecule has 0 saturated heterocycles. The van der Waals surface area contributed by atoms with Crippen molar-refractivity contribution < 1.29 is 13.9 Å². The van der Waals surface area contributed by atoms with E-state index < -0.39 is 0 Å². The van der Waals surface area contributed by atoms with Crippen molar-refractivity contribution in [2.24, 2.45) is 5.73 Å². The molecular formula is C17H20FNO2. The predicted octanol–water partition coefficient (Wildman–Crippen LogP) is 3.35. The van der Waals surface area contributed by atoms with Crippen LogP contribution < -0.4 is 15.2 Å². The summed E-state index contributed by atoms with van der Waals surface area (Å²) in [6, 6.07) is 14.2. The maximum atomic E-state index is 13.4. The summed E-state index contributed by atoms with van der Waals surface area (Å²) in [4.78, 5) is 0. The number of benzene rings is 2. The van der Waals surface area contributed by atoms with Crippen molar-refractivity contribution in [1.82, 2.24) is 0 Å². The highest BCUT2D eigenvalue weighted by atomic mass is 19.1. The second-order valence-electron chi connectivity index (χ2n) is 4.77. The van der Waals surface area contributed by atoms with Crippen LogP contribution in [0.1, 0.15) is 17.9 Å². The van der Waals surface area contributed by atoms with Gasteiger partial charge in [-0.05, 0) is 48.7 Å². The number of ether oxygens (including phenoxy) is 2. The van der Waals surface area contributed by atoms with E-state index in [2.05, 4.69) is 0 Å². The predicted molar refractivity (Wildman–Crippen MR) is 81.3 cm³/mol. The Morgan fingerprint density at radius 2 is 1.81 bits per heavy atom. The Morgan fingerprint density at radius 1 is 1.10 bits per heavy atom. The van der Waals surface area contributed by atoms with Crippen molar-refractivity contribution in [2.45, 2.75) is 12.3 Å². The first-order valence-corrected chi connectivity index (χ1v) is 6.96. The molecule has 0 spiro atoms. The van der Waals surface area contributed by atoms with Crippen LogP contribution in [0.3, 0.4) is 0 Å². The molecule has 0 aliphatic rings. The molecule has 1 atom stereocenters. The third-order valence-corrected chi connectivity index (χ3v) is 3.43. The average molecular weight is 289 g/mol. The van der Waals surface area contributed by atoms with E-state index >= 15 is 0 Å². The second kappa shape index (κ2) is 7.64. The van der Waals surface area contributed by atoms with Crippen LogP contribution in [0.4, 0.5) is 4.39 Å². The average Bonchev–Trinajstić information content (AvgIpc) is 2.53. The number of methoxy groups -OCH3 is 1. The molecule has 21 heavy (non-hydrogen) atoms. The Kier molecular flexibility index (Phi) is 5.58. The Balaban J connectivity index is 1.91. The molecule has 0 bridgehead atoms. The van der Waals surface area contributed by atoms with E-state index in [0.717, 1.165) is 17.7 Å². The first-order chi connectivity index (χ1) is 10.2. The highest BCUT2D eigenvalue weighted by molar-refractivity contribution is 5.29. The molecular weight excluding hydrogens is 269 g/mol. The van der Waals surface area contributed by atoms with E-state index in [1.165, 1.54) is 6.07 Å².